The van der Waals surface area contributed by atoms with Crippen LogP contribution in [-0.4, -0.2) is 23.1 Å². The van der Waals surface area contributed by atoms with Crippen LogP contribution in [0.5, 0.6) is 0 Å². The lowest BCUT2D eigenvalue weighted by Crippen LogP contribution is -2.18. The zero-order chi connectivity index (χ0) is 13.8. The van der Waals surface area contributed by atoms with E-state index in [2.05, 4.69) is 4.98 Å². The van der Waals surface area contributed by atoms with Crippen molar-refractivity contribution in [2.75, 3.05) is 11.9 Å². The summed E-state index contributed by atoms with van der Waals surface area (Å²) in [5.74, 6) is -0.437. The first-order valence-electron chi connectivity index (χ1n) is 5.73. The molecule has 0 atom stereocenters. The van der Waals surface area contributed by atoms with E-state index < -0.39 is 5.97 Å². The fraction of sp³-hybridized carbons (Fsp3) is 0.143. The zero-order valence-corrected chi connectivity index (χ0v) is 11.1. The van der Waals surface area contributed by atoms with Crippen LogP contribution in [0.2, 0.25) is 5.02 Å². The van der Waals surface area contributed by atoms with Gasteiger partial charge in [-0.25, -0.2) is 9.78 Å². The maximum atomic E-state index is 10.9. The summed E-state index contributed by atoms with van der Waals surface area (Å²) in [5.41, 5.74) is 0.998. The second-order valence-electron chi connectivity index (χ2n) is 4.13. The number of hydrogen-bond acceptors (Lipinski definition) is 3. The Kier molecular flexibility index (Phi) is 4.02. The molecule has 98 valence electrons. The van der Waals surface area contributed by atoms with Crippen molar-refractivity contribution in [1.29, 1.82) is 0 Å². The molecule has 0 radical (unpaired) electrons. The molecule has 0 unspecified atom stereocenters. The summed E-state index contributed by atoms with van der Waals surface area (Å²) >= 11 is 6.10. The van der Waals surface area contributed by atoms with E-state index in [1.165, 1.54) is 6.07 Å². The summed E-state index contributed by atoms with van der Waals surface area (Å²) in [7, 11) is 1.84. The van der Waals surface area contributed by atoms with E-state index >= 15 is 0 Å². The van der Waals surface area contributed by atoms with E-state index in [0.717, 1.165) is 5.56 Å². The molecule has 4 nitrogen and oxygen atoms in total. The first-order valence-corrected chi connectivity index (χ1v) is 6.10. The molecular weight excluding hydrogens is 264 g/mol. The Morgan fingerprint density at radius 2 is 2.00 bits per heavy atom. The molecule has 1 aromatic heterocycles. The summed E-state index contributed by atoms with van der Waals surface area (Å²) in [4.78, 5) is 16.8. The van der Waals surface area contributed by atoms with Crippen molar-refractivity contribution in [3.05, 3.63) is 58.7 Å². The number of carboxylic acids is 1. The molecule has 0 aliphatic rings. The van der Waals surface area contributed by atoms with Crippen molar-refractivity contribution in [1.82, 2.24) is 4.98 Å². The lowest BCUT2D eigenvalue weighted by molar-refractivity contribution is 0.0690. The van der Waals surface area contributed by atoms with Crippen LogP contribution in [0, 0.1) is 0 Å². The number of carbonyl (C=O) groups is 1. The van der Waals surface area contributed by atoms with Crippen molar-refractivity contribution >= 4 is 23.4 Å². The Bertz CT molecular complexity index is 602. The number of rotatable bonds is 4. The van der Waals surface area contributed by atoms with E-state index in [-0.39, 0.29) is 5.69 Å². The van der Waals surface area contributed by atoms with Crippen LogP contribution >= 0.6 is 11.6 Å². The van der Waals surface area contributed by atoms with Gasteiger partial charge in [0.2, 0.25) is 0 Å². The highest BCUT2D eigenvalue weighted by Crippen LogP contribution is 2.19. The number of anilines is 1. The minimum absolute atomic E-state index is 0.0310. The standard InChI is InChI=1S/C14H13ClN2O2/c1-17(9-10-5-2-3-6-11(10)15)13-8-4-7-12(16-13)14(18)19/h2-8H,9H2,1H3,(H,18,19). The highest BCUT2D eigenvalue weighted by atomic mass is 35.5. The number of benzene rings is 1. The summed E-state index contributed by atoms with van der Waals surface area (Å²) in [6.07, 6.45) is 0. The Labute approximate surface area is 116 Å². The number of nitrogens with zero attached hydrogens (tertiary/aromatic N) is 2. The molecule has 0 aliphatic carbocycles. The van der Waals surface area contributed by atoms with Gasteiger partial charge in [0, 0.05) is 18.6 Å². The summed E-state index contributed by atoms with van der Waals surface area (Å²) in [6.45, 7) is 0.565. The molecule has 1 aromatic carbocycles. The normalized spacial score (nSPS) is 10.2. The van der Waals surface area contributed by atoms with Crippen LogP contribution in [0.1, 0.15) is 16.1 Å². The Morgan fingerprint density at radius 1 is 1.26 bits per heavy atom. The molecule has 0 spiro atoms. The minimum atomic E-state index is -1.03. The molecule has 19 heavy (non-hydrogen) atoms. The smallest absolute Gasteiger partial charge is 0.354 e. The van der Waals surface area contributed by atoms with E-state index in [4.69, 9.17) is 16.7 Å². The third kappa shape index (κ3) is 3.23. The maximum Gasteiger partial charge on any atom is 0.354 e. The van der Waals surface area contributed by atoms with Gasteiger partial charge in [0.1, 0.15) is 5.82 Å². The molecule has 1 N–H and O–H groups in total. The monoisotopic (exact) mass is 276 g/mol. The van der Waals surface area contributed by atoms with Gasteiger partial charge in [0.15, 0.2) is 5.69 Å². The molecule has 2 aromatic rings. The molecule has 0 saturated carbocycles. The number of aromatic carboxylic acids is 1. The van der Waals surface area contributed by atoms with Crippen molar-refractivity contribution in [2.24, 2.45) is 0 Å². The molecular formula is C14H13ClN2O2. The maximum absolute atomic E-state index is 10.9. The SMILES string of the molecule is CN(Cc1ccccc1Cl)c1cccc(C(=O)O)n1. The molecule has 2 rings (SSSR count). The largest absolute Gasteiger partial charge is 0.477 e. The number of hydrogen-bond donors (Lipinski definition) is 1. The Balaban J connectivity index is 2.20. The van der Waals surface area contributed by atoms with Gasteiger partial charge in [-0.2, -0.15) is 0 Å². The summed E-state index contributed by atoms with van der Waals surface area (Å²) in [5, 5.41) is 9.61. The van der Waals surface area contributed by atoms with Crippen LogP contribution in [0.3, 0.4) is 0 Å². The quantitative estimate of drug-likeness (QED) is 0.932. The molecule has 0 amide bonds. The molecule has 0 aliphatic heterocycles. The molecule has 0 fully saturated rings. The lowest BCUT2D eigenvalue weighted by atomic mass is 10.2. The van der Waals surface area contributed by atoms with Crippen molar-refractivity contribution in [3.8, 4) is 0 Å². The second kappa shape index (κ2) is 5.71. The number of pyridine rings is 1. The average molecular weight is 277 g/mol. The third-order valence-corrected chi connectivity index (χ3v) is 3.08. The van der Waals surface area contributed by atoms with E-state index in [0.29, 0.717) is 17.4 Å². The second-order valence-corrected chi connectivity index (χ2v) is 4.54. The van der Waals surface area contributed by atoms with Gasteiger partial charge in [-0.1, -0.05) is 35.9 Å². The van der Waals surface area contributed by atoms with E-state index in [1.54, 1.807) is 12.1 Å². The summed E-state index contributed by atoms with van der Waals surface area (Å²) < 4.78 is 0. The Hall–Kier alpha value is -2.07. The fourth-order valence-corrected chi connectivity index (χ4v) is 1.91. The van der Waals surface area contributed by atoms with Crippen LogP contribution in [0.4, 0.5) is 5.82 Å². The van der Waals surface area contributed by atoms with Crippen LogP contribution in [0.25, 0.3) is 0 Å². The number of carboxylic acid groups (broad SMARTS) is 1. The predicted octanol–water partition coefficient (Wildman–Crippen LogP) is 3.07. The minimum Gasteiger partial charge on any atom is -0.477 e. The lowest BCUT2D eigenvalue weighted by Gasteiger charge is -2.19. The average Bonchev–Trinajstić information content (AvgIpc) is 2.41. The van der Waals surface area contributed by atoms with Crippen molar-refractivity contribution < 1.29 is 9.90 Å². The third-order valence-electron chi connectivity index (χ3n) is 2.71. The van der Waals surface area contributed by atoms with Crippen LogP contribution in [0.15, 0.2) is 42.5 Å². The van der Waals surface area contributed by atoms with Crippen LogP contribution in [-0.2, 0) is 6.54 Å². The number of halogens is 1. The highest BCUT2D eigenvalue weighted by Gasteiger charge is 2.09. The van der Waals surface area contributed by atoms with Gasteiger partial charge in [-0.15, -0.1) is 0 Å². The molecule has 0 bridgehead atoms. The first-order chi connectivity index (χ1) is 9.08. The predicted molar refractivity (Wildman–Crippen MR) is 74.8 cm³/mol. The van der Waals surface area contributed by atoms with Gasteiger partial charge in [0.25, 0.3) is 0 Å². The van der Waals surface area contributed by atoms with Crippen molar-refractivity contribution in [3.63, 3.8) is 0 Å². The van der Waals surface area contributed by atoms with Gasteiger partial charge >= 0.3 is 5.97 Å². The molecule has 1 heterocycles. The first kappa shape index (κ1) is 13.4. The Morgan fingerprint density at radius 3 is 2.68 bits per heavy atom. The fourth-order valence-electron chi connectivity index (χ4n) is 1.72. The summed E-state index contributed by atoms with van der Waals surface area (Å²) in [6, 6.07) is 12.4. The van der Waals surface area contributed by atoms with Crippen LogP contribution < -0.4 is 4.90 Å². The number of aromatic nitrogens is 1. The molecule has 0 saturated heterocycles. The highest BCUT2D eigenvalue weighted by molar-refractivity contribution is 6.31. The van der Waals surface area contributed by atoms with Gasteiger partial charge in [-0.05, 0) is 23.8 Å². The van der Waals surface area contributed by atoms with Gasteiger partial charge < -0.3 is 10.0 Å². The molecule has 5 heteroatoms. The van der Waals surface area contributed by atoms with Crippen molar-refractivity contribution in [2.45, 2.75) is 6.54 Å². The topological polar surface area (TPSA) is 53.4 Å². The van der Waals surface area contributed by atoms with Gasteiger partial charge in [0.05, 0.1) is 0 Å². The van der Waals surface area contributed by atoms with E-state index in [9.17, 15) is 4.79 Å². The zero-order valence-electron chi connectivity index (χ0n) is 10.4. The van der Waals surface area contributed by atoms with E-state index in [1.807, 2.05) is 36.2 Å². The van der Waals surface area contributed by atoms with Gasteiger partial charge in [-0.3, -0.25) is 0 Å².